The maximum Gasteiger partial charge on any atom is 0.348 e. The largest absolute Gasteiger partial charge is 0.455 e. The summed E-state index contributed by atoms with van der Waals surface area (Å²) in [6, 6.07) is 4.48. The molecule has 20 heavy (non-hydrogen) atoms. The van der Waals surface area contributed by atoms with Crippen molar-refractivity contribution in [3.63, 3.8) is 0 Å². The van der Waals surface area contributed by atoms with Gasteiger partial charge < -0.3 is 10.5 Å². The standard InChI is InChI=1S/C12H8Cl2N2O3S/c13-7-1-2-10(14)16-8(7)4-19-12(18)9-3-6(5-20-9)11(15)17/h1-3,5H,4H2,(H2,15,17). The Morgan fingerprint density at radius 3 is 2.75 bits per heavy atom. The number of esters is 1. The molecule has 0 saturated carbocycles. The van der Waals surface area contributed by atoms with Gasteiger partial charge in [-0.15, -0.1) is 11.3 Å². The van der Waals surface area contributed by atoms with Crippen molar-refractivity contribution in [1.82, 2.24) is 4.98 Å². The van der Waals surface area contributed by atoms with Crippen LogP contribution < -0.4 is 5.73 Å². The van der Waals surface area contributed by atoms with Crippen molar-refractivity contribution in [2.75, 3.05) is 0 Å². The van der Waals surface area contributed by atoms with Gasteiger partial charge in [-0.05, 0) is 18.2 Å². The lowest BCUT2D eigenvalue weighted by Gasteiger charge is -2.05. The van der Waals surface area contributed by atoms with E-state index in [0.717, 1.165) is 11.3 Å². The summed E-state index contributed by atoms with van der Waals surface area (Å²) < 4.78 is 5.06. The topological polar surface area (TPSA) is 82.3 Å². The molecule has 8 heteroatoms. The summed E-state index contributed by atoms with van der Waals surface area (Å²) in [7, 11) is 0. The highest BCUT2D eigenvalue weighted by molar-refractivity contribution is 7.12. The summed E-state index contributed by atoms with van der Waals surface area (Å²) in [4.78, 5) is 26.9. The average molecular weight is 331 g/mol. The van der Waals surface area contributed by atoms with Crippen LogP contribution in [0.15, 0.2) is 23.6 Å². The van der Waals surface area contributed by atoms with E-state index in [2.05, 4.69) is 4.98 Å². The van der Waals surface area contributed by atoms with Crippen molar-refractivity contribution >= 4 is 46.4 Å². The molecule has 2 heterocycles. The predicted molar refractivity (Wildman–Crippen MR) is 76.2 cm³/mol. The fraction of sp³-hybridized carbons (Fsp3) is 0.0833. The fourth-order valence-electron chi connectivity index (χ4n) is 1.34. The van der Waals surface area contributed by atoms with Crippen molar-refractivity contribution in [2.24, 2.45) is 5.73 Å². The number of hydrogen-bond acceptors (Lipinski definition) is 5. The number of primary amides is 1. The predicted octanol–water partition coefficient (Wildman–Crippen LogP) is 2.91. The third kappa shape index (κ3) is 3.47. The third-order valence-electron chi connectivity index (χ3n) is 2.31. The van der Waals surface area contributed by atoms with Gasteiger partial charge in [-0.2, -0.15) is 0 Å². The van der Waals surface area contributed by atoms with Crippen molar-refractivity contribution in [3.8, 4) is 0 Å². The zero-order valence-electron chi connectivity index (χ0n) is 9.93. The molecule has 0 radical (unpaired) electrons. The second-order valence-electron chi connectivity index (χ2n) is 3.70. The molecule has 0 aromatic carbocycles. The maximum absolute atomic E-state index is 11.8. The molecule has 0 unspecified atom stereocenters. The quantitative estimate of drug-likeness (QED) is 0.690. The van der Waals surface area contributed by atoms with Crippen LogP contribution in [0, 0.1) is 0 Å². The highest BCUT2D eigenvalue weighted by Gasteiger charge is 2.14. The van der Waals surface area contributed by atoms with Crippen LogP contribution in [0.2, 0.25) is 10.2 Å². The molecule has 0 bridgehead atoms. The van der Waals surface area contributed by atoms with Crippen molar-refractivity contribution < 1.29 is 14.3 Å². The van der Waals surface area contributed by atoms with Crippen LogP contribution in [0.3, 0.4) is 0 Å². The Balaban J connectivity index is 2.04. The van der Waals surface area contributed by atoms with E-state index < -0.39 is 11.9 Å². The van der Waals surface area contributed by atoms with Crippen LogP contribution >= 0.6 is 34.5 Å². The van der Waals surface area contributed by atoms with E-state index in [-0.39, 0.29) is 22.2 Å². The van der Waals surface area contributed by atoms with Gasteiger partial charge in [0.2, 0.25) is 5.91 Å². The Morgan fingerprint density at radius 1 is 1.35 bits per heavy atom. The first-order valence-corrected chi connectivity index (χ1v) is 6.97. The summed E-state index contributed by atoms with van der Waals surface area (Å²) in [5.74, 6) is -1.18. The summed E-state index contributed by atoms with van der Waals surface area (Å²) in [6.07, 6.45) is 0. The Morgan fingerprint density at radius 2 is 2.10 bits per heavy atom. The Kier molecular flexibility index (Phi) is 4.59. The van der Waals surface area contributed by atoms with Gasteiger partial charge >= 0.3 is 5.97 Å². The number of carbonyl (C=O) groups is 2. The number of hydrogen-bond donors (Lipinski definition) is 1. The van der Waals surface area contributed by atoms with E-state index in [9.17, 15) is 9.59 Å². The zero-order chi connectivity index (χ0) is 14.7. The molecule has 5 nitrogen and oxygen atoms in total. The van der Waals surface area contributed by atoms with E-state index in [4.69, 9.17) is 33.7 Å². The van der Waals surface area contributed by atoms with Crippen molar-refractivity contribution in [1.29, 1.82) is 0 Å². The van der Waals surface area contributed by atoms with Gasteiger partial charge in [0.1, 0.15) is 16.6 Å². The van der Waals surface area contributed by atoms with Gasteiger partial charge in [-0.3, -0.25) is 4.79 Å². The van der Waals surface area contributed by atoms with E-state index >= 15 is 0 Å². The van der Waals surface area contributed by atoms with Gasteiger partial charge in [0.25, 0.3) is 0 Å². The molecule has 2 N–H and O–H groups in total. The molecular formula is C12H8Cl2N2O3S. The van der Waals surface area contributed by atoms with E-state index in [0.29, 0.717) is 10.7 Å². The van der Waals surface area contributed by atoms with Gasteiger partial charge in [-0.25, -0.2) is 9.78 Å². The number of carbonyl (C=O) groups excluding carboxylic acids is 2. The number of nitrogens with zero attached hydrogens (tertiary/aromatic N) is 1. The number of rotatable bonds is 4. The Bertz CT molecular complexity index is 672. The van der Waals surface area contributed by atoms with Gasteiger partial charge in [0.15, 0.2) is 0 Å². The van der Waals surface area contributed by atoms with E-state index in [1.807, 2.05) is 0 Å². The highest BCUT2D eigenvalue weighted by atomic mass is 35.5. The fourth-order valence-corrected chi connectivity index (χ4v) is 2.45. The number of thiophene rings is 1. The maximum atomic E-state index is 11.8. The minimum atomic E-state index is -0.597. The lowest BCUT2D eigenvalue weighted by molar-refractivity contribution is 0.0474. The lowest BCUT2D eigenvalue weighted by Crippen LogP contribution is -2.10. The van der Waals surface area contributed by atoms with Crippen LogP contribution in [0.1, 0.15) is 25.7 Å². The molecule has 0 aliphatic heterocycles. The molecule has 1 amide bonds. The van der Waals surface area contributed by atoms with Crippen LogP contribution in [0.5, 0.6) is 0 Å². The molecule has 0 saturated heterocycles. The van der Waals surface area contributed by atoms with Crippen LogP contribution in [0.25, 0.3) is 0 Å². The second-order valence-corrected chi connectivity index (χ2v) is 5.41. The first-order chi connectivity index (χ1) is 9.47. The number of aromatic nitrogens is 1. The SMILES string of the molecule is NC(=O)c1csc(C(=O)OCc2nc(Cl)ccc2Cl)c1. The molecule has 2 aromatic heterocycles. The van der Waals surface area contributed by atoms with Crippen LogP contribution in [0.4, 0.5) is 0 Å². The Labute approximate surface area is 128 Å². The average Bonchev–Trinajstić information content (AvgIpc) is 2.89. The normalized spacial score (nSPS) is 10.3. The number of nitrogens with two attached hydrogens (primary N) is 1. The summed E-state index contributed by atoms with van der Waals surface area (Å²) >= 11 is 12.7. The smallest absolute Gasteiger partial charge is 0.348 e. The van der Waals surface area contributed by atoms with E-state index in [1.54, 1.807) is 6.07 Å². The van der Waals surface area contributed by atoms with Crippen LogP contribution in [-0.2, 0) is 11.3 Å². The molecule has 0 aliphatic carbocycles. The molecule has 104 valence electrons. The monoisotopic (exact) mass is 330 g/mol. The van der Waals surface area contributed by atoms with Gasteiger partial charge in [0, 0.05) is 5.38 Å². The van der Waals surface area contributed by atoms with Gasteiger partial charge in [-0.1, -0.05) is 23.2 Å². The zero-order valence-corrected chi connectivity index (χ0v) is 12.3. The minimum Gasteiger partial charge on any atom is -0.455 e. The number of pyridine rings is 1. The number of amides is 1. The Hall–Kier alpha value is -1.63. The molecule has 0 fully saturated rings. The van der Waals surface area contributed by atoms with E-state index in [1.165, 1.54) is 17.5 Å². The van der Waals surface area contributed by atoms with Gasteiger partial charge in [0.05, 0.1) is 16.3 Å². The minimum absolute atomic E-state index is 0.109. The molecule has 0 aliphatic rings. The third-order valence-corrected chi connectivity index (χ3v) is 3.77. The summed E-state index contributed by atoms with van der Waals surface area (Å²) in [6.45, 7) is -0.109. The first-order valence-electron chi connectivity index (χ1n) is 5.33. The second kappa shape index (κ2) is 6.21. The van der Waals surface area contributed by atoms with Crippen LogP contribution in [-0.4, -0.2) is 16.9 Å². The summed E-state index contributed by atoms with van der Waals surface area (Å²) in [5.41, 5.74) is 5.73. The molecule has 0 atom stereocenters. The number of ether oxygens (including phenoxy) is 1. The van der Waals surface area contributed by atoms with Crippen molar-refractivity contribution in [2.45, 2.75) is 6.61 Å². The first kappa shape index (κ1) is 14.8. The lowest BCUT2D eigenvalue weighted by atomic mass is 10.3. The molecule has 0 spiro atoms. The number of halogens is 2. The molecule has 2 rings (SSSR count). The highest BCUT2D eigenvalue weighted by Crippen LogP contribution is 2.20. The summed E-state index contributed by atoms with van der Waals surface area (Å²) in [5, 5.41) is 2.10. The van der Waals surface area contributed by atoms with Crippen molar-refractivity contribution in [3.05, 3.63) is 49.9 Å². The molecular weight excluding hydrogens is 323 g/mol. The molecule has 2 aromatic rings.